The van der Waals surface area contributed by atoms with Crippen LogP contribution >= 0.6 is 11.6 Å². The van der Waals surface area contributed by atoms with Crippen molar-refractivity contribution in [2.24, 2.45) is 13.0 Å². The fourth-order valence-corrected chi connectivity index (χ4v) is 4.91. The molecule has 2 saturated carbocycles. The standard InChI is InChI=1S/C25H37ClN8O3/c1-34-21(12-16-4-5-16)19(13-31-34)23-20(26)14-30-24(33-23)32-18-8-6-17(7-9-18)29-15-22(35)27-10-2-3-11-28-25(36)37/h13-14,16-18,28-29H,2-12,15H2,1H3,(H,27,35)(H,36,37)(H,30,32,33)/t17-,18-. The van der Waals surface area contributed by atoms with E-state index in [-0.39, 0.29) is 18.5 Å². The first-order valence-corrected chi connectivity index (χ1v) is 13.5. The monoisotopic (exact) mass is 532 g/mol. The smallest absolute Gasteiger partial charge is 0.404 e. The third-order valence-electron chi connectivity index (χ3n) is 7.05. The number of hydrogen-bond donors (Lipinski definition) is 5. The lowest BCUT2D eigenvalue weighted by Crippen LogP contribution is -2.42. The van der Waals surface area contributed by atoms with Crippen molar-refractivity contribution in [3.63, 3.8) is 0 Å². The Morgan fingerprint density at radius 1 is 1.05 bits per heavy atom. The maximum absolute atomic E-state index is 12.1. The fraction of sp³-hybridized carbons (Fsp3) is 0.640. The molecule has 202 valence electrons. The summed E-state index contributed by atoms with van der Waals surface area (Å²) in [7, 11) is 1.97. The van der Waals surface area contributed by atoms with Gasteiger partial charge in [-0.1, -0.05) is 11.6 Å². The highest BCUT2D eigenvalue weighted by Crippen LogP contribution is 2.37. The number of carboxylic acid groups (broad SMARTS) is 1. The molecule has 0 spiro atoms. The van der Waals surface area contributed by atoms with Crippen LogP contribution in [-0.2, 0) is 18.3 Å². The van der Waals surface area contributed by atoms with Crippen molar-refractivity contribution in [1.29, 1.82) is 0 Å². The number of rotatable bonds is 13. The summed E-state index contributed by atoms with van der Waals surface area (Å²) >= 11 is 6.50. The predicted molar refractivity (Wildman–Crippen MR) is 142 cm³/mol. The molecule has 0 unspecified atom stereocenters. The molecule has 2 heterocycles. The normalized spacial score (nSPS) is 19.4. The van der Waals surface area contributed by atoms with Crippen molar-refractivity contribution in [2.45, 2.75) is 69.9 Å². The van der Waals surface area contributed by atoms with E-state index in [0.29, 0.717) is 36.5 Å². The van der Waals surface area contributed by atoms with E-state index in [2.05, 4.69) is 31.3 Å². The first-order chi connectivity index (χ1) is 17.9. The Bertz CT molecular complexity index is 1070. The maximum Gasteiger partial charge on any atom is 0.404 e. The lowest BCUT2D eigenvalue weighted by molar-refractivity contribution is -0.120. The van der Waals surface area contributed by atoms with E-state index in [1.54, 1.807) is 6.20 Å². The van der Waals surface area contributed by atoms with Crippen molar-refractivity contribution in [3.8, 4) is 11.3 Å². The number of carbonyl (C=O) groups is 2. The van der Waals surface area contributed by atoms with E-state index in [1.165, 1.54) is 18.5 Å². The zero-order valence-electron chi connectivity index (χ0n) is 21.3. The van der Waals surface area contributed by atoms with Gasteiger partial charge < -0.3 is 26.4 Å². The number of aryl methyl sites for hydroxylation is 1. The van der Waals surface area contributed by atoms with Gasteiger partial charge in [0.15, 0.2) is 0 Å². The number of hydrogen-bond acceptors (Lipinski definition) is 7. The van der Waals surface area contributed by atoms with Crippen LogP contribution < -0.4 is 21.3 Å². The molecule has 4 rings (SSSR count). The molecule has 0 saturated heterocycles. The molecule has 5 N–H and O–H groups in total. The van der Waals surface area contributed by atoms with Gasteiger partial charge in [-0.2, -0.15) is 5.10 Å². The van der Waals surface area contributed by atoms with Gasteiger partial charge in [-0.05, 0) is 63.7 Å². The van der Waals surface area contributed by atoms with Crippen LogP contribution in [0.5, 0.6) is 0 Å². The Labute approximate surface area is 222 Å². The van der Waals surface area contributed by atoms with Crippen LogP contribution in [0, 0.1) is 5.92 Å². The van der Waals surface area contributed by atoms with Crippen LogP contribution in [0.4, 0.5) is 10.7 Å². The molecule has 37 heavy (non-hydrogen) atoms. The van der Waals surface area contributed by atoms with Crippen LogP contribution in [0.2, 0.25) is 5.02 Å². The molecule has 2 fully saturated rings. The summed E-state index contributed by atoms with van der Waals surface area (Å²) in [5, 5.41) is 25.5. The molecule has 2 aliphatic rings. The van der Waals surface area contributed by atoms with E-state index in [1.807, 2.05) is 17.9 Å². The molecular weight excluding hydrogens is 496 g/mol. The van der Waals surface area contributed by atoms with Crippen molar-refractivity contribution in [3.05, 3.63) is 23.1 Å². The summed E-state index contributed by atoms with van der Waals surface area (Å²) in [6, 6.07) is 0.561. The number of unbranched alkanes of at least 4 members (excludes halogenated alkanes) is 1. The van der Waals surface area contributed by atoms with E-state index >= 15 is 0 Å². The lowest BCUT2D eigenvalue weighted by Gasteiger charge is -2.29. The number of nitrogens with one attached hydrogen (secondary N) is 4. The summed E-state index contributed by atoms with van der Waals surface area (Å²) in [6.07, 6.45) is 11.3. The molecule has 0 aliphatic heterocycles. The minimum atomic E-state index is -1.02. The number of nitrogens with zero attached hydrogens (tertiary/aromatic N) is 4. The van der Waals surface area contributed by atoms with E-state index in [9.17, 15) is 9.59 Å². The van der Waals surface area contributed by atoms with Gasteiger partial charge in [0.1, 0.15) is 0 Å². The Morgan fingerprint density at radius 2 is 1.76 bits per heavy atom. The zero-order chi connectivity index (χ0) is 26.2. The molecule has 2 amide bonds. The van der Waals surface area contributed by atoms with E-state index < -0.39 is 6.09 Å². The van der Waals surface area contributed by atoms with Crippen molar-refractivity contribution >= 4 is 29.5 Å². The Hall–Kier alpha value is -2.92. The molecule has 2 aromatic rings. The van der Waals surface area contributed by atoms with Gasteiger partial charge in [-0.3, -0.25) is 9.48 Å². The Morgan fingerprint density at radius 3 is 2.46 bits per heavy atom. The largest absolute Gasteiger partial charge is 0.465 e. The van der Waals surface area contributed by atoms with Crippen LogP contribution in [0.15, 0.2) is 12.4 Å². The van der Waals surface area contributed by atoms with Gasteiger partial charge in [0.2, 0.25) is 11.9 Å². The average Bonchev–Trinajstić information content (AvgIpc) is 3.63. The maximum atomic E-state index is 12.1. The molecule has 0 atom stereocenters. The van der Waals surface area contributed by atoms with Crippen LogP contribution in [0.25, 0.3) is 11.3 Å². The molecule has 2 aromatic heterocycles. The second-order valence-corrected chi connectivity index (χ2v) is 10.4. The average molecular weight is 533 g/mol. The highest BCUT2D eigenvalue weighted by Gasteiger charge is 2.27. The predicted octanol–water partition coefficient (Wildman–Crippen LogP) is 2.96. The molecule has 0 radical (unpaired) electrons. The zero-order valence-corrected chi connectivity index (χ0v) is 22.1. The Kier molecular flexibility index (Phi) is 9.56. The number of anilines is 1. The van der Waals surface area contributed by atoms with Gasteiger partial charge in [0.05, 0.1) is 29.7 Å². The summed E-state index contributed by atoms with van der Waals surface area (Å²) < 4.78 is 1.92. The highest BCUT2D eigenvalue weighted by molar-refractivity contribution is 6.32. The summed E-state index contributed by atoms with van der Waals surface area (Å²) in [5.41, 5.74) is 2.87. The van der Waals surface area contributed by atoms with Crippen molar-refractivity contribution in [1.82, 2.24) is 35.7 Å². The second kappa shape index (κ2) is 13.0. The van der Waals surface area contributed by atoms with Gasteiger partial charge in [0, 0.05) is 43.5 Å². The number of carbonyl (C=O) groups excluding carboxylic acids is 1. The van der Waals surface area contributed by atoms with Crippen LogP contribution in [0.1, 0.15) is 57.1 Å². The topological polar surface area (TPSA) is 146 Å². The highest BCUT2D eigenvalue weighted by atomic mass is 35.5. The summed E-state index contributed by atoms with van der Waals surface area (Å²) in [4.78, 5) is 31.7. The third-order valence-corrected chi connectivity index (χ3v) is 7.33. The van der Waals surface area contributed by atoms with Gasteiger partial charge in [-0.25, -0.2) is 14.8 Å². The van der Waals surface area contributed by atoms with Crippen LogP contribution in [-0.4, -0.2) is 68.6 Å². The minimum absolute atomic E-state index is 0.0370. The Balaban J connectivity index is 1.19. The van der Waals surface area contributed by atoms with Crippen molar-refractivity contribution in [2.75, 3.05) is 25.0 Å². The first-order valence-electron chi connectivity index (χ1n) is 13.2. The molecule has 11 nitrogen and oxygen atoms in total. The molecule has 2 aliphatic carbocycles. The SMILES string of the molecule is Cn1ncc(-c2nc(N[C@H]3CC[C@H](NCC(=O)NCCCCNC(=O)O)CC3)ncc2Cl)c1CC1CC1. The number of aromatic nitrogens is 4. The minimum Gasteiger partial charge on any atom is -0.465 e. The fourth-order valence-electron chi connectivity index (χ4n) is 4.72. The molecule has 12 heteroatoms. The second-order valence-electron chi connectivity index (χ2n) is 10.0. The lowest BCUT2D eigenvalue weighted by atomic mass is 9.91. The molecule has 0 bridgehead atoms. The van der Waals surface area contributed by atoms with Crippen LogP contribution in [0.3, 0.4) is 0 Å². The number of halogens is 1. The molecular formula is C25H37ClN8O3. The van der Waals surface area contributed by atoms with Gasteiger partial charge in [0.25, 0.3) is 0 Å². The van der Waals surface area contributed by atoms with Gasteiger partial charge in [-0.15, -0.1) is 0 Å². The molecule has 0 aromatic carbocycles. The quantitative estimate of drug-likeness (QED) is 0.247. The van der Waals surface area contributed by atoms with E-state index in [0.717, 1.165) is 55.7 Å². The summed E-state index contributed by atoms with van der Waals surface area (Å²) in [5.74, 6) is 1.27. The van der Waals surface area contributed by atoms with Crippen molar-refractivity contribution < 1.29 is 14.7 Å². The summed E-state index contributed by atoms with van der Waals surface area (Å²) in [6.45, 7) is 1.23. The third kappa shape index (κ3) is 8.29. The first kappa shape index (κ1) is 27.1. The van der Waals surface area contributed by atoms with Gasteiger partial charge >= 0.3 is 6.09 Å². The number of amides is 2. The van der Waals surface area contributed by atoms with E-state index in [4.69, 9.17) is 21.7 Å².